The lowest BCUT2D eigenvalue weighted by atomic mass is 10.2. The topological polar surface area (TPSA) is 88.0 Å². The Balaban J connectivity index is 1.66. The fraction of sp³-hybridized carbons (Fsp3) is 0.312. The Morgan fingerprint density at radius 3 is 2.57 bits per heavy atom. The molecule has 120 valence electrons. The fourth-order valence-corrected chi connectivity index (χ4v) is 2.82. The summed E-state index contributed by atoms with van der Waals surface area (Å²) in [6.45, 7) is 3.42. The van der Waals surface area contributed by atoms with Crippen molar-refractivity contribution in [3.8, 4) is 0 Å². The predicted octanol–water partition coefficient (Wildman–Crippen LogP) is 2.17. The van der Waals surface area contributed by atoms with Crippen molar-refractivity contribution >= 4 is 22.9 Å². The normalized spacial score (nSPS) is 17.8. The van der Waals surface area contributed by atoms with E-state index in [1.807, 2.05) is 18.4 Å². The van der Waals surface area contributed by atoms with E-state index in [2.05, 4.69) is 20.9 Å². The standard InChI is InChI=1S/C16H19N5O2/c17-14-12-13(5-6-15(14)21(22)23)19-8-10-20(11-9-19)16-4-2-1-3-7-18-16/h1-3,5-7,12H,4,8-11,17H2. The lowest BCUT2D eigenvalue weighted by Gasteiger charge is -2.37. The highest BCUT2D eigenvalue weighted by Gasteiger charge is 2.21. The minimum absolute atomic E-state index is 0.0428. The number of piperazine rings is 1. The van der Waals surface area contributed by atoms with Crippen LogP contribution in [0.1, 0.15) is 6.42 Å². The number of nitro benzene ring substituents is 1. The van der Waals surface area contributed by atoms with Gasteiger partial charge in [-0.2, -0.15) is 0 Å². The lowest BCUT2D eigenvalue weighted by Crippen LogP contribution is -2.48. The molecule has 0 bridgehead atoms. The number of allylic oxidation sites excluding steroid dienone is 2. The van der Waals surface area contributed by atoms with Crippen molar-refractivity contribution in [3.63, 3.8) is 0 Å². The van der Waals surface area contributed by atoms with Crippen LogP contribution < -0.4 is 10.6 Å². The molecule has 1 aromatic carbocycles. The monoisotopic (exact) mass is 313 g/mol. The Morgan fingerprint density at radius 2 is 1.87 bits per heavy atom. The van der Waals surface area contributed by atoms with Gasteiger partial charge >= 0.3 is 0 Å². The molecule has 1 aromatic rings. The van der Waals surface area contributed by atoms with E-state index in [4.69, 9.17) is 5.73 Å². The summed E-state index contributed by atoms with van der Waals surface area (Å²) in [5.74, 6) is 1.08. The SMILES string of the molecule is Nc1cc(N2CCN(C3=NC=CC=CC3)CC2)ccc1[N+](=O)[O-]. The van der Waals surface area contributed by atoms with Crippen molar-refractivity contribution in [2.24, 2.45) is 4.99 Å². The largest absolute Gasteiger partial charge is 0.393 e. The van der Waals surface area contributed by atoms with Crippen molar-refractivity contribution in [2.75, 3.05) is 36.8 Å². The molecule has 2 N–H and O–H groups in total. The van der Waals surface area contributed by atoms with Crippen LogP contribution in [0.25, 0.3) is 0 Å². The second-order valence-electron chi connectivity index (χ2n) is 5.49. The molecule has 7 nitrogen and oxygen atoms in total. The highest BCUT2D eigenvalue weighted by atomic mass is 16.6. The summed E-state index contributed by atoms with van der Waals surface area (Å²) in [5, 5.41) is 10.8. The van der Waals surface area contributed by atoms with Crippen LogP contribution in [0.15, 0.2) is 47.6 Å². The third-order valence-corrected chi connectivity index (χ3v) is 4.07. The number of rotatable bonds is 2. The Kier molecular flexibility index (Phi) is 4.27. The molecule has 7 heteroatoms. The minimum atomic E-state index is -0.456. The van der Waals surface area contributed by atoms with Crippen LogP contribution in [-0.4, -0.2) is 41.8 Å². The van der Waals surface area contributed by atoms with Crippen molar-refractivity contribution in [1.82, 2.24) is 4.90 Å². The molecule has 0 saturated carbocycles. The van der Waals surface area contributed by atoms with E-state index < -0.39 is 4.92 Å². The van der Waals surface area contributed by atoms with Crippen LogP contribution in [0.2, 0.25) is 0 Å². The highest BCUT2D eigenvalue weighted by Crippen LogP contribution is 2.27. The first-order chi connectivity index (χ1) is 11.1. The highest BCUT2D eigenvalue weighted by molar-refractivity contribution is 5.85. The van der Waals surface area contributed by atoms with Crippen LogP contribution in [0, 0.1) is 10.1 Å². The Hall–Kier alpha value is -2.83. The van der Waals surface area contributed by atoms with Gasteiger partial charge in [0, 0.05) is 50.6 Å². The number of hydrogen-bond acceptors (Lipinski definition) is 6. The molecule has 2 aliphatic rings. The summed E-state index contributed by atoms with van der Waals surface area (Å²) in [5.41, 5.74) is 6.87. The molecule has 2 aliphatic heterocycles. The van der Waals surface area contributed by atoms with Gasteiger partial charge in [0.2, 0.25) is 0 Å². The molecular formula is C16H19N5O2. The van der Waals surface area contributed by atoms with Gasteiger partial charge in [0.25, 0.3) is 5.69 Å². The maximum Gasteiger partial charge on any atom is 0.292 e. The van der Waals surface area contributed by atoms with E-state index in [0.29, 0.717) is 0 Å². The van der Waals surface area contributed by atoms with Gasteiger partial charge in [-0.25, -0.2) is 4.99 Å². The van der Waals surface area contributed by atoms with Crippen molar-refractivity contribution < 1.29 is 4.92 Å². The van der Waals surface area contributed by atoms with Gasteiger partial charge in [-0.1, -0.05) is 12.2 Å². The van der Waals surface area contributed by atoms with E-state index in [-0.39, 0.29) is 11.4 Å². The molecule has 3 rings (SSSR count). The maximum absolute atomic E-state index is 10.8. The maximum atomic E-state index is 10.8. The third kappa shape index (κ3) is 3.33. The molecule has 0 spiro atoms. The van der Waals surface area contributed by atoms with Gasteiger partial charge in [-0.3, -0.25) is 10.1 Å². The second kappa shape index (κ2) is 6.51. The van der Waals surface area contributed by atoms with Gasteiger partial charge in [-0.05, 0) is 18.2 Å². The number of nitrogens with zero attached hydrogens (tertiary/aromatic N) is 4. The van der Waals surface area contributed by atoms with Crippen LogP contribution in [-0.2, 0) is 0 Å². The third-order valence-electron chi connectivity index (χ3n) is 4.07. The van der Waals surface area contributed by atoms with Crippen LogP contribution in [0.5, 0.6) is 0 Å². The number of benzene rings is 1. The predicted molar refractivity (Wildman–Crippen MR) is 91.6 cm³/mol. The van der Waals surface area contributed by atoms with Crippen molar-refractivity contribution in [1.29, 1.82) is 0 Å². The Bertz CT molecular complexity index is 688. The zero-order valence-corrected chi connectivity index (χ0v) is 12.8. The van der Waals surface area contributed by atoms with E-state index in [0.717, 1.165) is 44.1 Å². The van der Waals surface area contributed by atoms with Crippen LogP contribution in [0.3, 0.4) is 0 Å². The van der Waals surface area contributed by atoms with Gasteiger partial charge < -0.3 is 15.5 Å². The molecule has 0 aliphatic carbocycles. The zero-order chi connectivity index (χ0) is 16.2. The van der Waals surface area contributed by atoms with Crippen molar-refractivity contribution in [3.05, 3.63) is 52.7 Å². The van der Waals surface area contributed by atoms with E-state index in [9.17, 15) is 10.1 Å². The van der Waals surface area contributed by atoms with Crippen molar-refractivity contribution in [2.45, 2.75) is 6.42 Å². The quantitative estimate of drug-likeness (QED) is 0.513. The Morgan fingerprint density at radius 1 is 1.13 bits per heavy atom. The average molecular weight is 313 g/mol. The van der Waals surface area contributed by atoms with E-state index in [1.54, 1.807) is 12.1 Å². The number of anilines is 2. The number of nitrogen functional groups attached to an aromatic ring is 1. The first-order valence-electron chi connectivity index (χ1n) is 7.57. The molecule has 0 radical (unpaired) electrons. The molecule has 0 amide bonds. The first-order valence-corrected chi connectivity index (χ1v) is 7.57. The summed E-state index contributed by atoms with van der Waals surface area (Å²) in [7, 11) is 0. The number of aliphatic imine (C=N–C) groups is 1. The molecule has 0 unspecified atom stereocenters. The van der Waals surface area contributed by atoms with E-state index >= 15 is 0 Å². The first kappa shape index (κ1) is 15.1. The Labute approximate surface area is 134 Å². The molecule has 23 heavy (non-hydrogen) atoms. The van der Waals surface area contributed by atoms with Gasteiger partial charge in [-0.15, -0.1) is 0 Å². The van der Waals surface area contributed by atoms with Gasteiger partial charge in [0.15, 0.2) is 0 Å². The molecular weight excluding hydrogens is 294 g/mol. The zero-order valence-electron chi connectivity index (χ0n) is 12.8. The van der Waals surface area contributed by atoms with Crippen LogP contribution in [0.4, 0.5) is 17.1 Å². The average Bonchev–Trinajstić information content (AvgIpc) is 2.84. The second-order valence-corrected chi connectivity index (χ2v) is 5.49. The summed E-state index contributed by atoms with van der Waals surface area (Å²) in [4.78, 5) is 19.3. The summed E-state index contributed by atoms with van der Waals surface area (Å²) >= 11 is 0. The molecule has 1 saturated heterocycles. The number of nitro groups is 1. The number of nitrogens with two attached hydrogens (primary N) is 1. The molecule has 2 heterocycles. The van der Waals surface area contributed by atoms with Gasteiger partial charge in [0.1, 0.15) is 11.5 Å². The molecule has 0 aromatic heterocycles. The summed E-state index contributed by atoms with van der Waals surface area (Å²) in [6.07, 6.45) is 8.71. The molecule has 0 atom stereocenters. The summed E-state index contributed by atoms with van der Waals surface area (Å²) < 4.78 is 0. The van der Waals surface area contributed by atoms with Gasteiger partial charge in [0.05, 0.1) is 4.92 Å². The number of amidine groups is 1. The van der Waals surface area contributed by atoms with E-state index in [1.165, 1.54) is 6.07 Å². The minimum Gasteiger partial charge on any atom is -0.393 e. The smallest absolute Gasteiger partial charge is 0.292 e. The fourth-order valence-electron chi connectivity index (χ4n) is 2.82. The van der Waals surface area contributed by atoms with Crippen LogP contribution >= 0.6 is 0 Å². The lowest BCUT2D eigenvalue weighted by molar-refractivity contribution is -0.383. The molecule has 1 fully saturated rings. The number of hydrogen-bond donors (Lipinski definition) is 1. The summed E-state index contributed by atoms with van der Waals surface area (Å²) in [6, 6.07) is 4.92.